The lowest BCUT2D eigenvalue weighted by atomic mass is 9.88. The van der Waals surface area contributed by atoms with Crippen LogP contribution in [0.5, 0.6) is 0 Å². The minimum Gasteiger partial charge on any atom is -0.159 e. The standard InChI is InChI=1S/C9H14N2.C2H6/c1-7-5-8(6-10-11-7)9(2,3)4;1-2/h5-6H,1-4H3;1-2H3. The fraction of sp³-hybridized carbons (Fsp3) is 0.636. The Bertz CT molecular complexity index is 249. The van der Waals surface area contributed by atoms with Crippen molar-refractivity contribution in [2.75, 3.05) is 0 Å². The quantitative estimate of drug-likeness (QED) is 0.613. The van der Waals surface area contributed by atoms with Gasteiger partial charge in [-0.1, -0.05) is 34.6 Å². The van der Waals surface area contributed by atoms with Gasteiger partial charge in [-0.25, -0.2) is 0 Å². The maximum atomic E-state index is 3.90. The van der Waals surface area contributed by atoms with Gasteiger partial charge in [-0.3, -0.25) is 0 Å². The summed E-state index contributed by atoms with van der Waals surface area (Å²) in [6.45, 7) is 12.5. The van der Waals surface area contributed by atoms with Crippen molar-refractivity contribution >= 4 is 0 Å². The summed E-state index contributed by atoms with van der Waals surface area (Å²) >= 11 is 0. The third-order valence-corrected chi connectivity index (χ3v) is 1.64. The van der Waals surface area contributed by atoms with Gasteiger partial charge in [-0.2, -0.15) is 10.2 Å². The first-order valence-electron chi connectivity index (χ1n) is 4.80. The van der Waals surface area contributed by atoms with Crippen LogP contribution in [0.2, 0.25) is 0 Å². The van der Waals surface area contributed by atoms with Crippen LogP contribution in [0.25, 0.3) is 0 Å². The van der Waals surface area contributed by atoms with Crippen molar-refractivity contribution in [2.24, 2.45) is 0 Å². The Morgan fingerprint density at radius 1 is 1.15 bits per heavy atom. The lowest BCUT2D eigenvalue weighted by Gasteiger charge is -2.17. The summed E-state index contributed by atoms with van der Waals surface area (Å²) < 4.78 is 0. The van der Waals surface area contributed by atoms with E-state index in [4.69, 9.17) is 0 Å². The molecule has 1 aromatic rings. The first kappa shape index (κ1) is 12.1. The molecule has 0 radical (unpaired) electrons. The summed E-state index contributed by atoms with van der Waals surface area (Å²) in [6.07, 6.45) is 1.83. The van der Waals surface area contributed by atoms with Gasteiger partial charge in [0.2, 0.25) is 0 Å². The second-order valence-electron chi connectivity index (χ2n) is 3.84. The van der Waals surface area contributed by atoms with Gasteiger partial charge in [0.15, 0.2) is 0 Å². The van der Waals surface area contributed by atoms with Crippen LogP contribution < -0.4 is 0 Å². The average molecular weight is 180 g/mol. The van der Waals surface area contributed by atoms with E-state index in [2.05, 4.69) is 37.0 Å². The molecule has 0 saturated heterocycles. The van der Waals surface area contributed by atoms with E-state index in [0.29, 0.717) is 0 Å². The Hall–Kier alpha value is -0.920. The van der Waals surface area contributed by atoms with E-state index >= 15 is 0 Å². The fourth-order valence-electron chi connectivity index (χ4n) is 0.883. The number of aromatic nitrogens is 2. The molecule has 0 fully saturated rings. The lowest BCUT2D eigenvalue weighted by Crippen LogP contribution is -2.12. The summed E-state index contributed by atoms with van der Waals surface area (Å²) in [4.78, 5) is 0. The van der Waals surface area contributed by atoms with E-state index in [1.54, 1.807) is 0 Å². The van der Waals surface area contributed by atoms with Gasteiger partial charge >= 0.3 is 0 Å². The average Bonchev–Trinajstić information content (AvgIpc) is 2.06. The molecule has 0 spiro atoms. The van der Waals surface area contributed by atoms with Crippen molar-refractivity contribution in [3.05, 3.63) is 23.5 Å². The van der Waals surface area contributed by atoms with Crippen molar-refractivity contribution in [2.45, 2.75) is 47.0 Å². The van der Waals surface area contributed by atoms with Crippen LogP contribution in [0, 0.1) is 6.92 Å². The number of hydrogen-bond donors (Lipinski definition) is 0. The number of nitrogens with zero attached hydrogens (tertiary/aromatic N) is 2. The summed E-state index contributed by atoms with van der Waals surface area (Å²) in [7, 11) is 0. The highest BCUT2D eigenvalue weighted by Crippen LogP contribution is 2.20. The molecular weight excluding hydrogens is 160 g/mol. The second kappa shape index (κ2) is 4.95. The van der Waals surface area contributed by atoms with Crippen LogP contribution in [0.4, 0.5) is 0 Å². The van der Waals surface area contributed by atoms with Crippen molar-refractivity contribution in [3.8, 4) is 0 Å². The van der Waals surface area contributed by atoms with Crippen molar-refractivity contribution in [1.82, 2.24) is 10.2 Å². The van der Waals surface area contributed by atoms with E-state index in [9.17, 15) is 0 Å². The first-order valence-corrected chi connectivity index (χ1v) is 4.80. The normalized spacial score (nSPS) is 10.3. The molecule has 0 aliphatic carbocycles. The molecule has 0 bridgehead atoms. The van der Waals surface area contributed by atoms with Crippen LogP contribution in [-0.4, -0.2) is 10.2 Å². The molecule has 0 amide bonds. The van der Waals surface area contributed by atoms with Gasteiger partial charge in [-0.05, 0) is 24.0 Å². The number of rotatable bonds is 0. The minimum atomic E-state index is 0.181. The summed E-state index contributed by atoms with van der Waals surface area (Å²) in [5.74, 6) is 0. The minimum absolute atomic E-state index is 0.181. The molecule has 1 rings (SSSR count). The number of aryl methyl sites for hydroxylation is 1. The SMILES string of the molecule is CC.Cc1cc(C(C)(C)C)cnn1. The topological polar surface area (TPSA) is 25.8 Å². The van der Waals surface area contributed by atoms with Crippen LogP contribution in [0.15, 0.2) is 12.3 Å². The second-order valence-corrected chi connectivity index (χ2v) is 3.84. The molecule has 13 heavy (non-hydrogen) atoms. The molecule has 0 aromatic carbocycles. The van der Waals surface area contributed by atoms with Crippen LogP contribution >= 0.6 is 0 Å². The van der Waals surface area contributed by atoms with Crippen molar-refractivity contribution in [3.63, 3.8) is 0 Å². The van der Waals surface area contributed by atoms with Crippen LogP contribution in [0.1, 0.15) is 45.9 Å². The molecular formula is C11H20N2. The van der Waals surface area contributed by atoms with Gasteiger partial charge in [0.05, 0.1) is 11.9 Å². The Balaban J connectivity index is 0.000000671. The predicted octanol–water partition coefficient (Wildman–Crippen LogP) is 3.11. The lowest BCUT2D eigenvalue weighted by molar-refractivity contribution is 0.583. The molecule has 0 aliphatic heterocycles. The third kappa shape index (κ3) is 4.02. The van der Waals surface area contributed by atoms with Crippen LogP contribution in [-0.2, 0) is 5.41 Å². The summed E-state index contributed by atoms with van der Waals surface area (Å²) in [5.41, 5.74) is 2.41. The van der Waals surface area contributed by atoms with E-state index in [1.165, 1.54) is 5.56 Å². The highest BCUT2D eigenvalue weighted by Gasteiger charge is 2.13. The zero-order valence-electron chi connectivity index (χ0n) is 9.55. The maximum Gasteiger partial charge on any atom is 0.0603 e. The zero-order valence-corrected chi connectivity index (χ0v) is 9.55. The molecule has 2 heteroatoms. The molecule has 0 N–H and O–H groups in total. The van der Waals surface area contributed by atoms with E-state index in [-0.39, 0.29) is 5.41 Å². The monoisotopic (exact) mass is 180 g/mol. The van der Waals surface area contributed by atoms with Gasteiger partial charge in [0.25, 0.3) is 0 Å². The molecule has 1 heterocycles. The van der Waals surface area contributed by atoms with E-state index in [1.807, 2.05) is 27.0 Å². The Morgan fingerprint density at radius 3 is 2.00 bits per heavy atom. The molecule has 0 atom stereocenters. The third-order valence-electron chi connectivity index (χ3n) is 1.64. The summed E-state index contributed by atoms with van der Waals surface area (Å²) in [6, 6.07) is 2.08. The highest BCUT2D eigenvalue weighted by molar-refractivity contribution is 5.19. The number of hydrogen-bond acceptors (Lipinski definition) is 2. The molecule has 0 unspecified atom stereocenters. The Labute approximate surface area is 81.4 Å². The van der Waals surface area contributed by atoms with Crippen molar-refractivity contribution in [1.29, 1.82) is 0 Å². The van der Waals surface area contributed by atoms with Crippen LogP contribution in [0.3, 0.4) is 0 Å². The molecule has 74 valence electrons. The molecule has 1 aromatic heterocycles. The Morgan fingerprint density at radius 2 is 1.69 bits per heavy atom. The predicted molar refractivity (Wildman–Crippen MR) is 56.8 cm³/mol. The molecule has 2 nitrogen and oxygen atoms in total. The van der Waals surface area contributed by atoms with Gasteiger partial charge in [-0.15, -0.1) is 0 Å². The highest BCUT2D eigenvalue weighted by atomic mass is 15.1. The van der Waals surface area contributed by atoms with Crippen molar-refractivity contribution < 1.29 is 0 Å². The van der Waals surface area contributed by atoms with Gasteiger partial charge in [0.1, 0.15) is 0 Å². The smallest absolute Gasteiger partial charge is 0.0603 e. The molecule has 0 aliphatic rings. The van der Waals surface area contributed by atoms with E-state index < -0.39 is 0 Å². The Kier molecular flexibility index (Phi) is 4.60. The van der Waals surface area contributed by atoms with E-state index in [0.717, 1.165) is 5.69 Å². The largest absolute Gasteiger partial charge is 0.159 e. The fourth-order valence-corrected chi connectivity index (χ4v) is 0.883. The van der Waals surface area contributed by atoms with Gasteiger partial charge < -0.3 is 0 Å². The first-order chi connectivity index (χ1) is 6.00. The van der Waals surface area contributed by atoms with Gasteiger partial charge in [0, 0.05) is 0 Å². The maximum absolute atomic E-state index is 3.90. The zero-order chi connectivity index (χ0) is 10.5. The summed E-state index contributed by atoms with van der Waals surface area (Å²) in [5, 5.41) is 7.80. The molecule has 0 saturated carbocycles.